The fourth-order valence-electron chi connectivity index (χ4n) is 3.23. The van der Waals surface area contributed by atoms with Gasteiger partial charge in [0.2, 0.25) is 0 Å². The summed E-state index contributed by atoms with van der Waals surface area (Å²) in [4.78, 5) is 24.2. The number of anilines is 1. The van der Waals surface area contributed by atoms with Crippen molar-refractivity contribution >= 4 is 17.6 Å². The highest BCUT2D eigenvalue weighted by Crippen LogP contribution is 2.27. The second kappa shape index (κ2) is 9.40. The highest BCUT2D eigenvalue weighted by atomic mass is 16.6. The lowest BCUT2D eigenvalue weighted by Gasteiger charge is -2.16. The number of hydrogen-bond acceptors (Lipinski definition) is 4. The predicted octanol–water partition coefficient (Wildman–Crippen LogP) is 4.60. The summed E-state index contributed by atoms with van der Waals surface area (Å²) in [5.41, 5.74) is 5.86. The van der Waals surface area contributed by atoms with Crippen LogP contribution < -0.4 is 10.1 Å². The molecule has 150 valence electrons. The molecule has 1 N–H and O–H groups in total. The molecule has 28 heavy (non-hydrogen) atoms. The molecular formula is C23H29NO4. The number of para-hydroxylation sites is 1. The first kappa shape index (κ1) is 21.5. The quantitative estimate of drug-likeness (QED) is 0.710. The molecule has 0 aliphatic rings. The molecule has 5 nitrogen and oxygen atoms in total. The minimum absolute atomic E-state index is 0.236. The van der Waals surface area contributed by atoms with Gasteiger partial charge in [-0.15, -0.1) is 0 Å². The largest absolute Gasteiger partial charge is 0.481 e. The third kappa shape index (κ3) is 5.59. The lowest BCUT2D eigenvalue weighted by atomic mass is 9.98. The first-order valence-electron chi connectivity index (χ1n) is 9.44. The van der Waals surface area contributed by atoms with Gasteiger partial charge in [-0.25, -0.2) is 4.79 Å². The van der Waals surface area contributed by atoms with Gasteiger partial charge >= 0.3 is 5.97 Å². The van der Waals surface area contributed by atoms with Gasteiger partial charge in [0.1, 0.15) is 5.75 Å². The zero-order chi connectivity index (χ0) is 20.8. The van der Waals surface area contributed by atoms with E-state index in [9.17, 15) is 9.59 Å². The molecule has 2 rings (SSSR count). The summed E-state index contributed by atoms with van der Waals surface area (Å²) in [6, 6.07) is 9.88. The fraction of sp³-hybridized carbons (Fsp3) is 0.391. The van der Waals surface area contributed by atoms with Gasteiger partial charge in [0.05, 0.1) is 0 Å². The molecule has 0 aromatic heterocycles. The average Bonchev–Trinajstić information content (AvgIpc) is 2.60. The second-order valence-electron chi connectivity index (χ2n) is 7.42. The molecule has 0 fully saturated rings. The summed E-state index contributed by atoms with van der Waals surface area (Å²) >= 11 is 0. The maximum absolute atomic E-state index is 12.2. The van der Waals surface area contributed by atoms with E-state index in [0.29, 0.717) is 5.75 Å². The van der Waals surface area contributed by atoms with E-state index < -0.39 is 5.97 Å². The Labute approximate surface area is 167 Å². The Kier molecular flexibility index (Phi) is 7.21. The Bertz CT molecular complexity index is 848. The lowest BCUT2D eigenvalue weighted by Crippen LogP contribution is -2.24. The van der Waals surface area contributed by atoms with E-state index in [1.165, 1.54) is 0 Å². The molecule has 2 aromatic carbocycles. The Hall–Kier alpha value is -2.82. The maximum atomic E-state index is 12.2. The van der Waals surface area contributed by atoms with Gasteiger partial charge in [-0.05, 0) is 55.9 Å². The van der Waals surface area contributed by atoms with Crippen LogP contribution in [-0.2, 0) is 14.3 Å². The van der Waals surface area contributed by atoms with Crippen molar-refractivity contribution in [3.8, 4) is 5.75 Å². The van der Waals surface area contributed by atoms with Gasteiger partial charge in [-0.3, -0.25) is 4.79 Å². The molecule has 2 aromatic rings. The van der Waals surface area contributed by atoms with E-state index in [4.69, 9.17) is 9.47 Å². The molecule has 0 saturated heterocycles. The first-order chi connectivity index (χ1) is 13.2. The zero-order valence-electron chi connectivity index (χ0n) is 17.5. The van der Waals surface area contributed by atoms with Crippen molar-refractivity contribution in [1.29, 1.82) is 0 Å². The summed E-state index contributed by atoms with van der Waals surface area (Å²) in [5.74, 6) is -0.00346. The molecular weight excluding hydrogens is 354 g/mol. The van der Waals surface area contributed by atoms with Gasteiger partial charge in [-0.1, -0.05) is 49.7 Å². The second-order valence-corrected chi connectivity index (χ2v) is 7.42. The molecule has 0 aliphatic heterocycles. The summed E-state index contributed by atoms with van der Waals surface area (Å²) in [5, 5.41) is 2.86. The molecule has 0 bridgehead atoms. The molecule has 0 saturated carbocycles. The highest BCUT2D eigenvalue weighted by molar-refractivity contribution is 5.94. The minimum Gasteiger partial charge on any atom is -0.481 e. The van der Waals surface area contributed by atoms with Crippen LogP contribution in [0.15, 0.2) is 30.3 Å². The zero-order valence-corrected chi connectivity index (χ0v) is 17.5. The lowest BCUT2D eigenvalue weighted by molar-refractivity contribution is -0.149. The van der Waals surface area contributed by atoms with Crippen molar-refractivity contribution in [2.75, 3.05) is 18.5 Å². The Morgan fingerprint density at radius 3 is 2.21 bits per heavy atom. The topological polar surface area (TPSA) is 64.6 Å². The Morgan fingerprint density at radius 1 is 0.964 bits per heavy atom. The monoisotopic (exact) mass is 383 g/mol. The summed E-state index contributed by atoms with van der Waals surface area (Å²) < 4.78 is 10.7. The van der Waals surface area contributed by atoms with Crippen LogP contribution in [0, 0.1) is 27.7 Å². The summed E-state index contributed by atoms with van der Waals surface area (Å²) in [7, 11) is 0. The number of rotatable bonds is 7. The van der Waals surface area contributed by atoms with Gasteiger partial charge in [-0.2, -0.15) is 0 Å². The summed E-state index contributed by atoms with van der Waals surface area (Å²) in [6.07, 6.45) is 0. The standard InChI is InChI=1S/C23H29NO4/c1-14(2)19-9-7-8-16(4)22(19)24-20(25)12-27-21(26)13-28-23-17(5)10-15(3)11-18(23)6/h7-11,14H,12-13H2,1-6H3,(H,24,25). The van der Waals surface area contributed by atoms with Gasteiger partial charge in [0.25, 0.3) is 5.91 Å². The highest BCUT2D eigenvalue weighted by Gasteiger charge is 2.14. The van der Waals surface area contributed by atoms with Gasteiger partial charge < -0.3 is 14.8 Å². The SMILES string of the molecule is Cc1cc(C)c(OCC(=O)OCC(=O)Nc2c(C)cccc2C(C)C)c(C)c1. The molecule has 0 unspecified atom stereocenters. The van der Waals surface area contributed by atoms with Crippen LogP contribution in [-0.4, -0.2) is 25.1 Å². The number of aryl methyl sites for hydroxylation is 4. The molecule has 0 heterocycles. The van der Waals surface area contributed by atoms with Crippen LogP contribution in [0.25, 0.3) is 0 Å². The number of esters is 1. The van der Waals surface area contributed by atoms with Crippen LogP contribution in [0.2, 0.25) is 0 Å². The number of hydrogen-bond donors (Lipinski definition) is 1. The van der Waals surface area contributed by atoms with Crippen molar-refractivity contribution in [2.45, 2.75) is 47.5 Å². The average molecular weight is 383 g/mol. The van der Waals surface area contributed by atoms with Crippen molar-refractivity contribution in [3.63, 3.8) is 0 Å². The third-order valence-electron chi connectivity index (χ3n) is 4.49. The van der Waals surface area contributed by atoms with E-state index in [1.807, 2.05) is 58.0 Å². The van der Waals surface area contributed by atoms with Gasteiger partial charge in [0, 0.05) is 5.69 Å². The first-order valence-corrected chi connectivity index (χ1v) is 9.44. The summed E-state index contributed by atoms with van der Waals surface area (Å²) in [6.45, 7) is 11.4. The minimum atomic E-state index is -0.580. The van der Waals surface area contributed by atoms with Crippen molar-refractivity contribution in [3.05, 3.63) is 58.1 Å². The number of amides is 1. The smallest absolute Gasteiger partial charge is 0.344 e. The number of benzene rings is 2. The van der Waals surface area contributed by atoms with Crippen LogP contribution >= 0.6 is 0 Å². The van der Waals surface area contributed by atoms with E-state index in [2.05, 4.69) is 19.2 Å². The normalized spacial score (nSPS) is 10.7. The number of carbonyl (C=O) groups is 2. The van der Waals surface area contributed by atoms with Crippen LogP contribution in [0.1, 0.15) is 47.6 Å². The van der Waals surface area contributed by atoms with E-state index >= 15 is 0 Å². The van der Waals surface area contributed by atoms with Crippen LogP contribution in [0.5, 0.6) is 5.75 Å². The fourth-order valence-corrected chi connectivity index (χ4v) is 3.23. The van der Waals surface area contributed by atoms with Gasteiger partial charge in [0.15, 0.2) is 13.2 Å². The van der Waals surface area contributed by atoms with E-state index in [1.54, 1.807) is 0 Å². The number of ether oxygens (including phenoxy) is 2. The van der Waals surface area contributed by atoms with E-state index in [-0.39, 0.29) is 25.0 Å². The van der Waals surface area contributed by atoms with Crippen LogP contribution in [0.4, 0.5) is 5.69 Å². The Balaban J connectivity index is 1.89. The van der Waals surface area contributed by atoms with Crippen LogP contribution in [0.3, 0.4) is 0 Å². The molecule has 0 aliphatic carbocycles. The third-order valence-corrected chi connectivity index (χ3v) is 4.49. The molecule has 0 radical (unpaired) electrons. The number of nitrogens with one attached hydrogen (secondary N) is 1. The number of carbonyl (C=O) groups excluding carboxylic acids is 2. The van der Waals surface area contributed by atoms with E-state index in [0.717, 1.165) is 33.5 Å². The molecule has 0 atom stereocenters. The maximum Gasteiger partial charge on any atom is 0.344 e. The van der Waals surface area contributed by atoms with Crippen molar-refractivity contribution < 1.29 is 19.1 Å². The Morgan fingerprint density at radius 2 is 1.61 bits per heavy atom. The van der Waals surface area contributed by atoms with Crippen molar-refractivity contribution in [1.82, 2.24) is 0 Å². The molecule has 1 amide bonds. The van der Waals surface area contributed by atoms with Crippen molar-refractivity contribution in [2.24, 2.45) is 0 Å². The molecule has 0 spiro atoms. The molecule has 5 heteroatoms. The predicted molar refractivity (Wildman–Crippen MR) is 111 cm³/mol.